The number of ether oxygens (including phenoxy) is 2. The Morgan fingerprint density at radius 1 is 0.525 bits per heavy atom. The SMILES string of the molecule is CCCCCC(=O)OCC(O)COC(=O)CCCCC.O=C(O)CCCCCCCCC(=O)O.OCC(O)CO. The first-order valence-corrected chi connectivity index (χ1v) is 14.4. The lowest BCUT2D eigenvalue weighted by molar-refractivity contribution is -0.152. The molecule has 0 aliphatic carbocycles. The van der Waals surface area contributed by atoms with Crippen LogP contribution in [0.25, 0.3) is 0 Å². The maximum absolute atomic E-state index is 11.3. The molecular weight excluding hydrogens is 528 g/mol. The van der Waals surface area contributed by atoms with Gasteiger partial charge >= 0.3 is 23.9 Å². The van der Waals surface area contributed by atoms with Gasteiger partial charge in [0, 0.05) is 25.7 Å². The Labute approximate surface area is 238 Å². The van der Waals surface area contributed by atoms with E-state index in [1.807, 2.05) is 0 Å². The van der Waals surface area contributed by atoms with Gasteiger partial charge in [0.2, 0.25) is 0 Å². The van der Waals surface area contributed by atoms with Crippen molar-refractivity contribution in [3.8, 4) is 0 Å². The normalized spacial score (nSPS) is 10.3. The summed E-state index contributed by atoms with van der Waals surface area (Å²) in [7, 11) is 0. The minimum atomic E-state index is -0.954. The molecule has 0 aromatic carbocycles. The highest BCUT2D eigenvalue weighted by Crippen LogP contribution is 2.08. The number of aliphatic carboxylic acids is 2. The number of hydrogen-bond donors (Lipinski definition) is 6. The molecule has 12 heteroatoms. The van der Waals surface area contributed by atoms with Gasteiger partial charge in [-0.1, -0.05) is 65.2 Å². The first-order valence-electron chi connectivity index (χ1n) is 14.4. The summed E-state index contributed by atoms with van der Waals surface area (Å²) < 4.78 is 9.80. The van der Waals surface area contributed by atoms with Crippen LogP contribution in [0.3, 0.4) is 0 Å². The monoisotopic (exact) mass is 582 g/mol. The van der Waals surface area contributed by atoms with Crippen molar-refractivity contribution >= 4 is 23.9 Å². The molecule has 0 aromatic rings. The number of carbonyl (C=O) groups excluding carboxylic acids is 2. The molecule has 12 nitrogen and oxygen atoms in total. The maximum Gasteiger partial charge on any atom is 0.305 e. The second kappa shape index (κ2) is 32.9. The summed E-state index contributed by atoms with van der Waals surface area (Å²) in [5.74, 6) is -2.11. The lowest BCUT2D eigenvalue weighted by Crippen LogP contribution is -2.25. The van der Waals surface area contributed by atoms with Gasteiger partial charge in [0.05, 0.1) is 13.2 Å². The summed E-state index contributed by atoms with van der Waals surface area (Å²) in [5.41, 5.74) is 0. The molecule has 0 aliphatic heterocycles. The Bertz CT molecular complexity index is 562. The predicted molar refractivity (Wildman–Crippen MR) is 149 cm³/mol. The molecule has 0 saturated carbocycles. The van der Waals surface area contributed by atoms with Crippen LogP contribution >= 0.6 is 0 Å². The van der Waals surface area contributed by atoms with Gasteiger partial charge in [-0.15, -0.1) is 0 Å². The number of aliphatic hydroxyl groups is 4. The van der Waals surface area contributed by atoms with Crippen LogP contribution in [0.5, 0.6) is 0 Å². The van der Waals surface area contributed by atoms with Gasteiger partial charge in [-0.2, -0.15) is 0 Å². The molecular formula is C28H54O12. The fourth-order valence-electron chi connectivity index (χ4n) is 2.93. The van der Waals surface area contributed by atoms with E-state index in [0.717, 1.165) is 77.0 Å². The average molecular weight is 583 g/mol. The van der Waals surface area contributed by atoms with Crippen LogP contribution in [0.2, 0.25) is 0 Å². The minimum Gasteiger partial charge on any atom is -0.481 e. The standard InChI is InChI=1S/C15H28O5.C10H18O4.C3H8O3/c1-3-5-7-9-14(17)19-11-13(16)12-20-15(18)10-8-6-4-2;11-9(12)7-5-3-1-2-4-6-8-10(13)14;4-1-3(6)2-5/h13,16H,3-12H2,1-2H3;1-8H2,(H,11,12)(H,13,14);3-6H,1-2H2. The van der Waals surface area contributed by atoms with E-state index >= 15 is 0 Å². The van der Waals surface area contributed by atoms with Crippen LogP contribution in [0, 0.1) is 0 Å². The van der Waals surface area contributed by atoms with Gasteiger partial charge < -0.3 is 40.1 Å². The van der Waals surface area contributed by atoms with Crippen molar-refractivity contribution in [2.24, 2.45) is 0 Å². The van der Waals surface area contributed by atoms with Gasteiger partial charge in [0.1, 0.15) is 25.4 Å². The highest BCUT2D eigenvalue weighted by Gasteiger charge is 2.11. The molecule has 0 rings (SSSR count). The summed E-state index contributed by atoms with van der Waals surface area (Å²) in [5, 5.41) is 50.3. The zero-order valence-corrected chi connectivity index (χ0v) is 24.4. The molecule has 0 heterocycles. The Morgan fingerprint density at radius 2 is 0.850 bits per heavy atom. The van der Waals surface area contributed by atoms with E-state index in [1.54, 1.807) is 0 Å². The summed E-state index contributed by atoms with van der Waals surface area (Å²) in [6.45, 7) is 3.15. The van der Waals surface area contributed by atoms with Gasteiger partial charge in [-0.3, -0.25) is 19.2 Å². The van der Waals surface area contributed by atoms with Crippen molar-refractivity contribution in [1.29, 1.82) is 0 Å². The van der Waals surface area contributed by atoms with Gasteiger partial charge in [0.15, 0.2) is 0 Å². The van der Waals surface area contributed by atoms with Crippen LogP contribution in [0.1, 0.15) is 117 Å². The van der Waals surface area contributed by atoms with E-state index in [-0.39, 0.29) is 51.2 Å². The Morgan fingerprint density at radius 3 is 1.12 bits per heavy atom. The third-order valence-corrected chi connectivity index (χ3v) is 5.30. The maximum atomic E-state index is 11.3. The lowest BCUT2D eigenvalue weighted by atomic mass is 10.1. The minimum absolute atomic E-state index is 0.118. The summed E-state index contributed by atoms with van der Waals surface area (Å²) in [4.78, 5) is 42.9. The number of esters is 2. The molecule has 0 amide bonds. The number of carboxylic acid groups (broad SMARTS) is 2. The zero-order chi connectivity index (χ0) is 31.0. The molecule has 0 aromatic heterocycles. The first kappa shape index (κ1) is 42.2. The van der Waals surface area contributed by atoms with Crippen molar-refractivity contribution in [1.82, 2.24) is 0 Å². The fraction of sp³-hybridized carbons (Fsp3) is 0.857. The molecule has 0 fully saturated rings. The topological polar surface area (TPSA) is 208 Å². The largest absolute Gasteiger partial charge is 0.481 e. The van der Waals surface area contributed by atoms with Crippen LogP contribution in [0.4, 0.5) is 0 Å². The molecule has 0 bridgehead atoms. The first-order chi connectivity index (χ1) is 19.0. The molecule has 6 N–H and O–H groups in total. The molecule has 0 aliphatic rings. The summed E-state index contributed by atoms with van der Waals surface area (Å²) >= 11 is 0. The number of carbonyl (C=O) groups is 4. The average Bonchev–Trinajstić information content (AvgIpc) is 2.92. The molecule has 0 radical (unpaired) electrons. The van der Waals surface area contributed by atoms with Crippen LogP contribution < -0.4 is 0 Å². The fourth-order valence-corrected chi connectivity index (χ4v) is 2.93. The van der Waals surface area contributed by atoms with Crippen LogP contribution in [-0.2, 0) is 28.7 Å². The molecule has 0 atom stereocenters. The Hall–Kier alpha value is -2.28. The van der Waals surface area contributed by atoms with E-state index in [2.05, 4.69) is 13.8 Å². The van der Waals surface area contributed by atoms with Crippen molar-refractivity contribution in [2.45, 2.75) is 129 Å². The number of unbranched alkanes of at least 4 members (excludes halogenated alkanes) is 9. The van der Waals surface area contributed by atoms with E-state index < -0.39 is 24.1 Å². The second-order valence-electron chi connectivity index (χ2n) is 9.36. The number of rotatable bonds is 23. The molecule has 0 saturated heterocycles. The van der Waals surface area contributed by atoms with Crippen molar-refractivity contribution < 1.29 is 59.3 Å². The van der Waals surface area contributed by atoms with Gasteiger partial charge in [0.25, 0.3) is 0 Å². The number of hydrogen-bond acceptors (Lipinski definition) is 10. The van der Waals surface area contributed by atoms with Crippen LogP contribution in [0.15, 0.2) is 0 Å². The zero-order valence-electron chi connectivity index (χ0n) is 24.4. The quantitative estimate of drug-likeness (QED) is 0.0758. The Kier molecular flexibility index (Phi) is 34.7. The van der Waals surface area contributed by atoms with E-state index in [9.17, 15) is 24.3 Å². The highest BCUT2D eigenvalue weighted by atomic mass is 16.6. The van der Waals surface area contributed by atoms with Crippen molar-refractivity contribution in [3.05, 3.63) is 0 Å². The molecule has 40 heavy (non-hydrogen) atoms. The van der Waals surface area contributed by atoms with Crippen molar-refractivity contribution in [3.63, 3.8) is 0 Å². The third kappa shape index (κ3) is 40.2. The summed E-state index contributed by atoms with van der Waals surface area (Å²) in [6.07, 6.45) is 10.4. The van der Waals surface area contributed by atoms with E-state index in [0.29, 0.717) is 12.8 Å². The van der Waals surface area contributed by atoms with Crippen LogP contribution in [-0.4, -0.2) is 93.2 Å². The van der Waals surface area contributed by atoms with E-state index in [4.69, 9.17) is 35.0 Å². The third-order valence-electron chi connectivity index (χ3n) is 5.30. The number of aliphatic hydroxyl groups excluding tert-OH is 4. The number of carboxylic acids is 2. The lowest BCUT2D eigenvalue weighted by Gasteiger charge is -2.12. The molecule has 238 valence electrons. The van der Waals surface area contributed by atoms with E-state index in [1.165, 1.54) is 0 Å². The predicted octanol–water partition coefficient (Wildman–Crippen LogP) is 3.20. The van der Waals surface area contributed by atoms with Gasteiger partial charge in [-0.25, -0.2) is 0 Å². The van der Waals surface area contributed by atoms with Gasteiger partial charge in [-0.05, 0) is 25.7 Å². The molecule has 0 spiro atoms. The highest BCUT2D eigenvalue weighted by molar-refractivity contribution is 5.69. The summed E-state index contributed by atoms with van der Waals surface area (Å²) in [6, 6.07) is 0. The Balaban J connectivity index is -0.000000591. The second-order valence-corrected chi connectivity index (χ2v) is 9.36. The smallest absolute Gasteiger partial charge is 0.305 e. The molecule has 0 unspecified atom stereocenters. The van der Waals surface area contributed by atoms with Crippen molar-refractivity contribution in [2.75, 3.05) is 26.4 Å².